The zero-order valence-corrected chi connectivity index (χ0v) is 16.8. The fraction of sp³-hybridized carbons (Fsp3) is 0.409. The number of nitrogens with zero attached hydrogens (tertiary/aromatic N) is 2. The molecule has 3 rings (SSSR count). The summed E-state index contributed by atoms with van der Waals surface area (Å²) in [6.07, 6.45) is 0. The van der Waals surface area contributed by atoms with Crippen LogP contribution in [0.1, 0.15) is 12.5 Å². The Morgan fingerprint density at radius 2 is 1.56 bits per heavy atom. The van der Waals surface area contributed by atoms with Gasteiger partial charge in [0.25, 0.3) is 0 Å². The first-order chi connectivity index (χ1) is 13.2. The van der Waals surface area contributed by atoms with Crippen molar-refractivity contribution < 1.29 is 4.79 Å². The summed E-state index contributed by atoms with van der Waals surface area (Å²) < 4.78 is 0. The van der Waals surface area contributed by atoms with Crippen molar-refractivity contribution in [2.24, 2.45) is 0 Å². The van der Waals surface area contributed by atoms with E-state index in [-0.39, 0.29) is 11.2 Å². The topological polar surface area (TPSA) is 35.6 Å². The van der Waals surface area contributed by atoms with Gasteiger partial charge in [-0.05, 0) is 24.6 Å². The molecule has 1 aliphatic heterocycles. The molecule has 1 heterocycles. The maximum Gasteiger partial charge on any atom is 0.233 e. The highest BCUT2D eigenvalue weighted by molar-refractivity contribution is 8.00. The highest BCUT2D eigenvalue weighted by Crippen LogP contribution is 2.22. The molecule has 0 aromatic heterocycles. The van der Waals surface area contributed by atoms with Crippen LogP contribution in [0.3, 0.4) is 0 Å². The Labute approximate surface area is 166 Å². The number of hydrogen-bond acceptors (Lipinski definition) is 4. The van der Waals surface area contributed by atoms with Gasteiger partial charge in [-0.3, -0.25) is 14.6 Å². The number of rotatable bonds is 8. The monoisotopic (exact) mass is 383 g/mol. The second kappa shape index (κ2) is 10.5. The maximum atomic E-state index is 12.3. The van der Waals surface area contributed by atoms with Crippen molar-refractivity contribution in [2.45, 2.75) is 23.6 Å². The molecule has 27 heavy (non-hydrogen) atoms. The van der Waals surface area contributed by atoms with Gasteiger partial charge in [-0.2, -0.15) is 0 Å². The fourth-order valence-corrected chi connectivity index (χ4v) is 4.16. The third-order valence-corrected chi connectivity index (χ3v) is 5.98. The van der Waals surface area contributed by atoms with Gasteiger partial charge in [0, 0.05) is 50.7 Å². The van der Waals surface area contributed by atoms with E-state index in [9.17, 15) is 4.79 Å². The molecule has 0 radical (unpaired) electrons. The number of thioether (sulfide) groups is 1. The van der Waals surface area contributed by atoms with Crippen LogP contribution in [0.4, 0.5) is 0 Å². The quantitative estimate of drug-likeness (QED) is 0.711. The zero-order valence-electron chi connectivity index (χ0n) is 16.0. The summed E-state index contributed by atoms with van der Waals surface area (Å²) >= 11 is 1.61. The summed E-state index contributed by atoms with van der Waals surface area (Å²) in [4.78, 5) is 18.4. The summed E-state index contributed by atoms with van der Waals surface area (Å²) in [5, 5.41) is 3.01. The molecule has 1 atom stereocenters. The lowest BCUT2D eigenvalue weighted by atomic mass is 10.2. The van der Waals surface area contributed by atoms with Crippen LogP contribution in [0.5, 0.6) is 0 Å². The van der Waals surface area contributed by atoms with Gasteiger partial charge >= 0.3 is 0 Å². The second-order valence-electron chi connectivity index (χ2n) is 6.97. The van der Waals surface area contributed by atoms with Gasteiger partial charge in [0.05, 0.1) is 5.25 Å². The van der Waals surface area contributed by atoms with Crippen molar-refractivity contribution in [3.05, 3.63) is 66.2 Å². The number of piperazine rings is 1. The average Bonchev–Trinajstić information content (AvgIpc) is 2.71. The van der Waals surface area contributed by atoms with Gasteiger partial charge in [0.1, 0.15) is 0 Å². The van der Waals surface area contributed by atoms with E-state index >= 15 is 0 Å². The van der Waals surface area contributed by atoms with E-state index in [1.807, 2.05) is 37.3 Å². The van der Waals surface area contributed by atoms with Crippen LogP contribution in [0, 0.1) is 0 Å². The SMILES string of the molecule is CC(Sc1ccccc1)C(=O)NCCN1CCN(Cc2ccccc2)CC1. The lowest BCUT2D eigenvalue weighted by Crippen LogP contribution is -2.48. The van der Waals surface area contributed by atoms with Crippen molar-refractivity contribution in [3.8, 4) is 0 Å². The Bertz CT molecular complexity index is 687. The Morgan fingerprint density at radius 3 is 2.22 bits per heavy atom. The first kappa shape index (κ1) is 19.9. The predicted octanol–water partition coefficient (Wildman–Crippen LogP) is 3.10. The van der Waals surface area contributed by atoms with Crippen LogP contribution in [0.2, 0.25) is 0 Å². The largest absolute Gasteiger partial charge is 0.354 e. The van der Waals surface area contributed by atoms with E-state index in [0.29, 0.717) is 0 Å². The molecule has 1 aliphatic rings. The minimum atomic E-state index is -0.0740. The molecule has 0 saturated carbocycles. The summed E-state index contributed by atoms with van der Waals surface area (Å²) in [6, 6.07) is 20.7. The first-order valence-electron chi connectivity index (χ1n) is 9.69. The van der Waals surface area contributed by atoms with Crippen LogP contribution in [-0.2, 0) is 11.3 Å². The van der Waals surface area contributed by atoms with Gasteiger partial charge < -0.3 is 5.32 Å². The number of hydrogen-bond donors (Lipinski definition) is 1. The van der Waals surface area contributed by atoms with Crippen LogP contribution in [-0.4, -0.2) is 60.2 Å². The van der Waals surface area contributed by atoms with E-state index < -0.39 is 0 Å². The lowest BCUT2D eigenvalue weighted by Gasteiger charge is -2.34. The molecule has 2 aromatic rings. The summed E-state index contributed by atoms with van der Waals surface area (Å²) in [5.41, 5.74) is 1.38. The third kappa shape index (κ3) is 6.69. The van der Waals surface area contributed by atoms with E-state index in [4.69, 9.17) is 0 Å². The Hall–Kier alpha value is -1.82. The predicted molar refractivity (Wildman–Crippen MR) is 113 cm³/mol. The number of amides is 1. The standard InChI is InChI=1S/C22H29N3OS/c1-19(27-21-10-6-3-7-11-21)22(26)23-12-13-24-14-16-25(17-15-24)18-20-8-4-2-5-9-20/h2-11,19H,12-18H2,1H3,(H,23,26). The van der Waals surface area contributed by atoms with Crippen molar-refractivity contribution in [1.82, 2.24) is 15.1 Å². The summed E-state index contributed by atoms with van der Waals surface area (Å²) in [6.45, 7) is 8.94. The summed E-state index contributed by atoms with van der Waals surface area (Å²) in [5.74, 6) is 0.117. The molecule has 1 saturated heterocycles. The Kier molecular flexibility index (Phi) is 7.75. The van der Waals surface area contributed by atoms with Gasteiger partial charge in [0.15, 0.2) is 0 Å². The normalized spacial score (nSPS) is 16.8. The van der Waals surface area contributed by atoms with Crippen LogP contribution < -0.4 is 5.32 Å². The molecule has 0 spiro atoms. The average molecular weight is 384 g/mol. The molecule has 1 fully saturated rings. The molecule has 1 unspecified atom stereocenters. The van der Waals surface area contributed by atoms with Crippen molar-refractivity contribution in [3.63, 3.8) is 0 Å². The smallest absolute Gasteiger partial charge is 0.233 e. The van der Waals surface area contributed by atoms with Crippen LogP contribution >= 0.6 is 11.8 Å². The third-order valence-electron chi connectivity index (χ3n) is 4.87. The lowest BCUT2D eigenvalue weighted by molar-refractivity contribution is -0.120. The van der Waals surface area contributed by atoms with Gasteiger partial charge in [-0.1, -0.05) is 48.5 Å². The zero-order chi connectivity index (χ0) is 18.9. The molecule has 1 N–H and O–H groups in total. The number of carbonyl (C=O) groups is 1. The minimum absolute atomic E-state index is 0.0740. The number of nitrogens with one attached hydrogen (secondary N) is 1. The minimum Gasteiger partial charge on any atom is -0.354 e. The molecule has 2 aromatic carbocycles. The Balaban J connectivity index is 1.31. The van der Waals surface area contributed by atoms with E-state index in [0.717, 1.165) is 50.7 Å². The molecule has 0 bridgehead atoms. The molecular formula is C22H29N3OS. The molecule has 5 heteroatoms. The van der Waals surface area contributed by atoms with E-state index in [2.05, 4.69) is 45.4 Å². The highest BCUT2D eigenvalue weighted by Gasteiger charge is 2.18. The highest BCUT2D eigenvalue weighted by atomic mass is 32.2. The number of carbonyl (C=O) groups excluding carboxylic acids is 1. The Morgan fingerprint density at radius 1 is 0.963 bits per heavy atom. The van der Waals surface area contributed by atoms with Gasteiger partial charge in [0.2, 0.25) is 5.91 Å². The molecular weight excluding hydrogens is 354 g/mol. The van der Waals surface area contributed by atoms with Crippen LogP contribution in [0.25, 0.3) is 0 Å². The van der Waals surface area contributed by atoms with Crippen molar-refractivity contribution in [1.29, 1.82) is 0 Å². The molecule has 1 amide bonds. The van der Waals surface area contributed by atoms with Gasteiger partial charge in [-0.25, -0.2) is 0 Å². The second-order valence-corrected chi connectivity index (χ2v) is 8.38. The maximum absolute atomic E-state index is 12.3. The summed E-state index contributed by atoms with van der Waals surface area (Å²) in [7, 11) is 0. The molecule has 4 nitrogen and oxygen atoms in total. The molecule has 144 valence electrons. The van der Waals surface area contributed by atoms with Gasteiger partial charge in [-0.15, -0.1) is 11.8 Å². The van der Waals surface area contributed by atoms with Crippen molar-refractivity contribution in [2.75, 3.05) is 39.3 Å². The fourth-order valence-electron chi connectivity index (χ4n) is 3.25. The van der Waals surface area contributed by atoms with Crippen LogP contribution in [0.15, 0.2) is 65.6 Å². The van der Waals surface area contributed by atoms with Crippen molar-refractivity contribution >= 4 is 17.7 Å². The first-order valence-corrected chi connectivity index (χ1v) is 10.6. The van der Waals surface area contributed by atoms with E-state index in [1.165, 1.54) is 5.56 Å². The van der Waals surface area contributed by atoms with E-state index in [1.54, 1.807) is 11.8 Å². The number of benzene rings is 2. The molecule has 0 aliphatic carbocycles.